The van der Waals surface area contributed by atoms with Crippen LogP contribution in [0, 0.1) is 6.92 Å². The topological polar surface area (TPSA) is 69.8 Å². The van der Waals surface area contributed by atoms with Crippen molar-refractivity contribution in [3.8, 4) is 0 Å². The minimum Gasteiger partial charge on any atom is -0.458 e. The molecule has 1 N–H and O–H groups in total. The van der Waals surface area contributed by atoms with E-state index in [0.717, 1.165) is 34.3 Å². The highest BCUT2D eigenvalue weighted by molar-refractivity contribution is 5.84. The molecule has 40 heavy (non-hydrogen) atoms. The van der Waals surface area contributed by atoms with Gasteiger partial charge < -0.3 is 19.3 Å². The van der Waals surface area contributed by atoms with Crippen LogP contribution < -0.4 is 4.90 Å². The lowest BCUT2D eigenvalue weighted by Gasteiger charge is -2.31. The van der Waals surface area contributed by atoms with E-state index in [0.29, 0.717) is 23.5 Å². The maximum Gasteiger partial charge on any atom is 0.227 e. The minimum absolute atomic E-state index is 0.0718. The van der Waals surface area contributed by atoms with Crippen LogP contribution >= 0.6 is 0 Å². The van der Waals surface area contributed by atoms with Crippen LogP contribution in [-0.4, -0.2) is 41.0 Å². The number of carbonyl (C=O) groups excluding carboxylic acids is 1. The fourth-order valence-corrected chi connectivity index (χ4v) is 5.69. The number of aryl methyl sites for hydroxylation is 1. The van der Waals surface area contributed by atoms with Crippen molar-refractivity contribution in [2.45, 2.75) is 31.9 Å². The lowest BCUT2D eigenvalue weighted by Crippen LogP contribution is -2.38. The Morgan fingerprint density at radius 2 is 1.77 bits per heavy atom. The molecule has 6 nitrogen and oxygen atoms in total. The number of hydrogen-bond donors (Lipinski definition) is 1. The zero-order chi connectivity index (χ0) is 27.9. The molecule has 0 saturated carbocycles. The Morgan fingerprint density at radius 3 is 2.55 bits per heavy atom. The molecule has 0 saturated heterocycles. The van der Waals surface area contributed by atoms with Gasteiger partial charge in [0.2, 0.25) is 5.91 Å². The number of pyridine rings is 1. The molecule has 2 atom stereocenters. The number of rotatable bonds is 5. The van der Waals surface area contributed by atoms with Crippen molar-refractivity contribution in [3.05, 3.63) is 131 Å². The molecule has 1 amide bonds. The maximum absolute atomic E-state index is 14.0. The molecule has 2 aromatic heterocycles. The van der Waals surface area contributed by atoms with Crippen LogP contribution in [0.1, 0.15) is 46.5 Å². The third kappa shape index (κ3) is 4.75. The highest BCUT2D eigenvalue weighted by Gasteiger charge is 2.33. The average Bonchev–Trinajstić information content (AvgIpc) is 3.35. The second-order valence-corrected chi connectivity index (χ2v) is 10.9. The second kappa shape index (κ2) is 10.3. The van der Waals surface area contributed by atoms with E-state index in [1.807, 2.05) is 47.4 Å². The molecule has 6 heteroatoms. The first-order chi connectivity index (χ1) is 19.3. The van der Waals surface area contributed by atoms with Crippen LogP contribution in [0.15, 0.2) is 102 Å². The van der Waals surface area contributed by atoms with Gasteiger partial charge in [0.05, 0.1) is 12.5 Å². The Kier molecular flexibility index (Phi) is 6.64. The van der Waals surface area contributed by atoms with E-state index in [4.69, 9.17) is 4.42 Å². The molecule has 0 fully saturated rings. The van der Waals surface area contributed by atoms with Crippen molar-refractivity contribution in [1.82, 2.24) is 9.88 Å². The summed E-state index contributed by atoms with van der Waals surface area (Å²) in [5.74, 6) is 0.520. The summed E-state index contributed by atoms with van der Waals surface area (Å²) in [6, 6.07) is 27.8. The highest BCUT2D eigenvalue weighted by atomic mass is 16.4. The van der Waals surface area contributed by atoms with Crippen molar-refractivity contribution >= 4 is 22.6 Å². The zero-order valence-electron chi connectivity index (χ0n) is 23.0. The molecule has 5 aromatic rings. The first-order valence-electron chi connectivity index (χ1n) is 13.6. The predicted molar refractivity (Wildman–Crippen MR) is 157 cm³/mol. The largest absolute Gasteiger partial charge is 0.458 e. The van der Waals surface area contributed by atoms with E-state index in [2.05, 4.69) is 54.2 Å². The standard InChI is InChI=1S/C34H33N3O3/c1-23-9-11-28-29(19-23)36(3)17-18-37(33(28)25-7-5-4-6-8-25)32(38)21-24-10-12-30-26(20-24)22-31(40-30)34(2,39)27-13-15-35-16-14-27/h4-16,19-20,22,33,39H,17-18,21H2,1-3H3. The third-order valence-electron chi connectivity index (χ3n) is 7.97. The molecule has 0 aliphatic carbocycles. The summed E-state index contributed by atoms with van der Waals surface area (Å²) in [7, 11) is 2.10. The van der Waals surface area contributed by atoms with Crippen molar-refractivity contribution in [2.75, 3.05) is 25.0 Å². The van der Waals surface area contributed by atoms with E-state index in [9.17, 15) is 9.90 Å². The van der Waals surface area contributed by atoms with Crippen LogP contribution in [0.25, 0.3) is 11.0 Å². The minimum atomic E-state index is -1.30. The number of nitrogens with zero attached hydrogens (tertiary/aromatic N) is 3. The maximum atomic E-state index is 14.0. The fourth-order valence-electron chi connectivity index (χ4n) is 5.69. The van der Waals surface area contributed by atoms with Gasteiger partial charge in [-0.3, -0.25) is 9.78 Å². The van der Waals surface area contributed by atoms with E-state index < -0.39 is 5.60 Å². The number of fused-ring (bicyclic) bond motifs is 2. The predicted octanol–water partition coefficient (Wildman–Crippen LogP) is 6.00. The highest BCUT2D eigenvalue weighted by Crippen LogP contribution is 2.38. The summed E-state index contributed by atoms with van der Waals surface area (Å²) < 4.78 is 6.04. The van der Waals surface area contributed by atoms with Gasteiger partial charge in [0, 0.05) is 49.2 Å². The molecule has 3 aromatic carbocycles. The number of likely N-dealkylation sites (N-methyl/N-ethyl adjacent to an activating group) is 1. The van der Waals surface area contributed by atoms with E-state index in [1.54, 1.807) is 31.5 Å². The number of furan rings is 1. The normalized spacial score (nSPS) is 16.9. The SMILES string of the molecule is Cc1ccc2c(c1)N(C)CCN(C(=O)Cc1ccc3oc(C(C)(O)c4ccncc4)cc3c1)C2c1ccccc1. The summed E-state index contributed by atoms with van der Waals surface area (Å²) in [5, 5.41) is 12.1. The summed E-state index contributed by atoms with van der Waals surface area (Å²) in [6.45, 7) is 5.19. The van der Waals surface area contributed by atoms with Gasteiger partial charge in [-0.2, -0.15) is 0 Å². The fraction of sp³-hybridized carbons (Fsp3) is 0.235. The Labute approximate surface area is 234 Å². The molecule has 0 spiro atoms. The van der Waals surface area contributed by atoms with E-state index >= 15 is 0 Å². The summed E-state index contributed by atoms with van der Waals surface area (Å²) >= 11 is 0. The molecular weight excluding hydrogens is 498 g/mol. The average molecular weight is 532 g/mol. The molecule has 1 aliphatic rings. The van der Waals surface area contributed by atoms with Crippen molar-refractivity contribution < 1.29 is 14.3 Å². The molecule has 3 heterocycles. The lowest BCUT2D eigenvalue weighted by molar-refractivity contribution is -0.132. The van der Waals surface area contributed by atoms with Crippen LogP contribution in [0.4, 0.5) is 5.69 Å². The lowest BCUT2D eigenvalue weighted by atomic mass is 9.94. The first-order valence-corrected chi connectivity index (χ1v) is 13.6. The number of benzene rings is 3. The molecule has 0 radical (unpaired) electrons. The van der Waals surface area contributed by atoms with Gasteiger partial charge >= 0.3 is 0 Å². The Morgan fingerprint density at radius 1 is 1.00 bits per heavy atom. The molecule has 2 unspecified atom stereocenters. The Balaban J connectivity index is 1.32. The quantitative estimate of drug-likeness (QED) is 0.301. The van der Waals surface area contributed by atoms with Crippen molar-refractivity contribution in [1.29, 1.82) is 0 Å². The van der Waals surface area contributed by atoms with E-state index in [1.165, 1.54) is 5.56 Å². The van der Waals surface area contributed by atoms with Crippen LogP contribution in [0.3, 0.4) is 0 Å². The summed E-state index contributed by atoms with van der Waals surface area (Å²) in [6.07, 6.45) is 3.57. The number of hydrogen-bond acceptors (Lipinski definition) is 5. The van der Waals surface area contributed by atoms with Crippen LogP contribution in [-0.2, 0) is 16.8 Å². The van der Waals surface area contributed by atoms with Gasteiger partial charge in [0.1, 0.15) is 16.9 Å². The van der Waals surface area contributed by atoms with Crippen molar-refractivity contribution in [3.63, 3.8) is 0 Å². The first kappa shape index (κ1) is 25.8. The Hall–Kier alpha value is -4.42. The molecular formula is C34H33N3O3. The number of aromatic nitrogens is 1. The van der Waals surface area contributed by atoms with Gasteiger partial charge in [-0.25, -0.2) is 0 Å². The van der Waals surface area contributed by atoms with Gasteiger partial charge in [0.15, 0.2) is 0 Å². The second-order valence-electron chi connectivity index (χ2n) is 10.9. The summed E-state index contributed by atoms with van der Waals surface area (Å²) in [5.41, 5.74) is 5.58. The van der Waals surface area contributed by atoms with Gasteiger partial charge in [0.25, 0.3) is 0 Å². The number of carbonyl (C=O) groups is 1. The zero-order valence-corrected chi connectivity index (χ0v) is 23.0. The van der Waals surface area contributed by atoms with Crippen LogP contribution in [0.2, 0.25) is 0 Å². The van der Waals surface area contributed by atoms with Crippen molar-refractivity contribution in [2.24, 2.45) is 0 Å². The number of anilines is 1. The molecule has 6 rings (SSSR count). The molecule has 0 bridgehead atoms. The van der Waals surface area contributed by atoms with E-state index in [-0.39, 0.29) is 18.4 Å². The smallest absolute Gasteiger partial charge is 0.227 e. The van der Waals surface area contributed by atoms with Crippen LogP contribution in [0.5, 0.6) is 0 Å². The third-order valence-corrected chi connectivity index (χ3v) is 7.97. The van der Waals surface area contributed by atoms with Gasteiger partial charge in [-0.15, -0.1) is 0 Å². The monoisotopic (exact) mass is 531 g/mol. The number of amides is 1. The van der Waals surface area contributed by atoms with Gasteiger partial charge in [-0.05, 0) is 72.5 Å². The van der Waals surface area contributed by atoms with Gasteiger partial charge in [-0.1, -0.05) is 48.5 Å². The Bertz CT molecular complexity index is 1660. The number of aliphatic hydroxyl groups is 1. The summed E-state index contributed by atoms with van der Waals surface area (Å²) in [4.78, 5) is 22.3. The molecule has 202 valence electrons. The molecule has 1 aliphatic heterocycles.